The summed E-state index contributed by atoms with van der Waals surface area (Å²) >= 11 is 1.73. The average Bonchev–Trinajstić information content (AvgIpc) is 3.08. The summed E-state index contributed by atoms with van der Waals surface area (Å²) in [7, 11) is 5.09. The first-order valence-corrected chi connectivity index (χ1v) is 9.79. The van der Waals surface area contributed by atoms with Gasteiger partial charge in [0.1, 0.15) is 0 Å². The molecule has 1 aromatic heterocycles. The maximum atomic E-state index is 5.43. The number of guanidine groups is 1. The number of hydrogen-bond acceptors (Lipinski definition) is 5. The monoisotopic (exact) mass is 390 g/mol. The molecule has 0 aliphatic heterocycles. The molecule has 6 nitrogen and oxygen atoms in total. The van der Waals surface area contributed by atoms with E-state index in [1.807, 2.05) is 18.3 Å². The van der Waals surface area contributed by atoms with Gasteiger partial charge in [0.15, 0.2) is 17.5 Å². The van der Waals surface area contributed by atoms with Crippen LogP contribution in [0.1, 0.15) is 29.3 Å². The summed E-state index contributed by atoms with van der Waals surface area (Å²) in [6.45, 7) is 7.98. The largest absolute Gasteiger partial charge is 0.493 e. The molecule has 1 aromatic carbocycles. The zero-order chi connectivity index (χ0) is 19.9. The van der Waals surface area contributed by atoms with Gasteiger partial charge in [0.05, 0.1) is 19.2 Å². The van der Waals surface area contributed by atoms with Crippen molar-refractivity contribution < 1.29 is 9.47 Å². The number of aromatic nitrogens is 1. The van der Waals surface area contributed by atoms with E-state index in [1.54, 1.807) is 32.6 Å². The molecule has 2 N–H and O–H groups in total. The molecule has 0 aliphatic rings. The van der Waals surface area contributed by atoms with Crippen molar-refractivity contribution in [1.82, 2.24) is 15.6 Å². The maximum absolute atomic E-state index is 5.43. The van der Waals surface area contributed by atoms with E-state index in [0.29, 0.717) is 0 Å². The molecule has 0 unspecified atom stereocenters. The van der Waals surface area contributed by atoms with Gasteiger partial charge >= 0.3 is 0 Å². The van der Waals surface area contributed by atoms with E-state index in [2.05, 4.69) is 47.4 Å². The zero-order valence-electron chi connectivity index (χ0n) is 17.0. The van der Waals surface area contributed by atoms with Crippen molar-refractivity contribution in [1.29, 1.82) is 0 Å². The second-order valence-corrected chi connectivity index (χ2v) is 8.24. The number of rotatable bonds is 8. The number of ether oxygens (including phenoxy) is 2. The van der Waals surface area contributed by atoms with Gasteiger partial charge in [0.2, 0.25) is 0 Å². The summed E-state index contributed by atoms with van der Waals surface area (Å²) in [5.41, 5.74) is 1.06. The quantitative estimate of drug-likeness (QED) is 0.535. The van der Waals surface area contributed by atoms with Gasteiger partial charge in [-0.15, -0.1) is 11.3 Å². The number of nitrogens with one attached hydrogen (secondary N) is 2. The second kappa shape index (κ2) is 9.60. The number of aliphatic imine (C=N–C) groups is 1. The van der Waals surface area contributed by atoms with Crippen LogP contribution in [0.3, 0.4) is 0 Å². The van der Waals surface area contributed by atoms with E-state index in [4.69, 9.17) is 9.47 Å². The molecule has 0 amide bonds. The number of benzene rings is 1. The Hall–Kier alpha value is -2.28. The summed E-state index contributed by atoms with van der Waals surface area (Å²) in [6.07, 6.45) is 2.80. The molecule has 27 heavy (non-hydrogen) atoms. The molecule has 0 spiro atoms. The lowest BCUT2D eigenvalue weighted by atomic mass is 9.84. The van der Waals surface area contributed by atoms with Crippen LogP contribution in [-0.4, -0.2) is 45.3 Å². The first-order chi connectivity index (χ1) is 12.9. The highest BCUT2D eigenvalue weighted by atomic mass is 32.1. The molecule has 0 aliphatic carbocycles. The van der Waals surface area contributed by atoms with Crippen LogP contribution in [0, 0.1) is 6.92 Å². The molecule has 0 radical (unpaired) electrons. The van der Waals surface area contributed by atoms with Gasteiger partial charge in [-0.05, 0) is 24.6 Å². The van der Waals surface area contributed by atoms with E-state index in [1.165, 1.54) is 10.4 Å². The lowest BCUT2D eigenvalue weighted by Crippen LogP contribution is -2.44. The molecule has 0 bridgehead atoms. The number of hydrogen-bond donors (Lipinski definition) is 2. The van der Waals surface area contributed by atoms with Crippen LogP contribution in [0.25, 0.3) is 0 Å². The summed E-state index contributed by atoms with van der Waals surface area (Å²) < 4.78 is 10.8. The highest BCUT2D eigenvalue weighted by Crippen LogP contribution is 2.32. The summed E-state index contributed by atoms with van der Waals surface area (Å²) in [5, 5.41) is 7.91. The van der Waals surface area contributed by atoms with Crippen LogP contribution >= 0.6 is 11.3 Å². The predicted molar refractivity (Wildman–Crippen MR) is 112 cm³/mol. The second-order valence-electron chi connectivity index (χ2n) is 6.92. The SMILES string of the molecule is CN=C(NCCc1ncc(C)s1)NCC(C)(C)c1ccc(OC)c(OC)c1. The minimum absolute atomic E-state index is 0.108. The van der Waals surface area contributed by atoms with Crippen LogP contribution in [0.5, 0.6) is 11.5 Å². The highest BCUT2D eigenvalue weighted by molar-refractivity contribution is 7.11. The van der Waals surface area contributed by atoms with Gasteiger partial charge in [-0.25, -0.2) is 4.98 Å². The van der Waals surface area contributed by atoms with Gasteiger partial charge in [-0.3, -0.25) is 4.99 Å². The minimum Gasteiger partial charge on any atom is -0.493 e. The smallest absolute Gasteiger partial charge is 0.191 e. The Balaban J connectivity index is 1.92. The third-order valence-electron chi connectivity index (χ3n) is 4.39. The van der Waals surface area contributed by atoms with Gasteiger partial charge in [-0.2, -0.15) is 0 Å². The molecule has 1 heterocycles. The number of thiazole rings is 1. The van der Waals surface area contributed by atoms with E-state index in [-0.39, 0.29) is 5.41 Å². The first-order valence-electron chi connectivity index (χ1n) is 8.98. The Labute approximate surface area is 166 Å². The zero-order valence-corrected chi connectivity index (χ0v) is 17.9. The fourth-order valence-corrected chi connectivity index (χ4v) is 3.48. The Bertz CT molecular complexity index is 771. The summed E-state index contributed by atoms with van der Waals surface area (Å²) in [5.74, 6) is 2.26. The number of nitrogens with zero attached hydrogens (tertiary/aromatic N) is 2. The van der Waals surface area contributed by atoms with Crippen LogP contribution in [0.4, 0.5) is 0 Å². The third kappa shape index (κ3) is 5.85. The van der Waals surface area contributed by atoms with Crippen molar-refractivity contribution in [3.8, 4) is 11.5 Å². The Kier molecular flexibility index (Phi) is 7.47. The van der Waals surface area contributed by atoms with Crippen LogP contribution in [0.2, 0.25) is 0 Å². The van der Waals surface area contributed by atoms with Crippen molar-refractivity contribution in [3.63, 3.8) is 0 Å². The molecular weight excluding hydrogens is 360 g/mol. The van der Waals surface area contributed by atoms with Gasteiger partial charge in [0, 0.05) is 43.0 Å². The third-order valence-corrected chi connectivity index (χ3v) is 5.36. The topological polar surface area (TPSA) is 67.8 Å². The Morgan fingerprint density at radius 1 is 1.19 bits per heavy atom. The lowest BCUT2D eigenvalue weighted by Gasteiger charge is -2.27. The van der Waals surface area contributed by atoms with E-state index in [0.717, 1.165) is 42.0 Å². The Morgan fingerprint density at radius 2 is 1.93 bits per heavy atom. The standard InChI is InChI=1S/C20H30N4O2S/c1-14-12-23-18(27-14)9-10-22-19(21-4)24-13-20(2,3)15-7-8-16(25-5)17(11-15)26-6/h7-8,11-12H,9-10,13H2,1-6H3,(H2,21,22,24). The molecule has 148 valence electrons. The van der Waals surface area contributed by atoms with Crippen molar-refractivity contribution in [3.05, 3.63) is 39.8 Å². The Morgan fingerprint density at radius 3 is 2.52 bits per heavy atom. The number of methoxy groups -OCH3 is 2. The van der Waals surface area contributed by atoms with E-state index in [9.17, 15) is 0 Å². The van der Waals surface area contributed by atoms with E-state index >= 15 is 0 Å². The predicted octanol–water partition coefficient (Wildman–Crippen LogP) is 3.15. The molecule has 0 saturated carbocycles. The van der Waals surface area contributed by atoms with Crippen molar-refractivity contribution in [2.24, 2.45) is 4.99 Å². The minimum atomic E-state index is -0.108. The summed E-state index contributed by atoms with van der Waals surface area (Å²) in [6, 6.07) is 6.05. The number of aryl methyl sites for hydroxylation is 1. The summed E-state index contributed by atoms with van der Waals surface area (Å²) in [4.78, 5) is 9.94. The molecule has 0 atom stereocenters. The maximum Gasteiger partial charge on any atom is 0.191 e. The van der Waals surface area contributed by atoms with Crippen LogP contribution < -0.4 is 20.1 Å². The van der Waals surface area contributed by atoms with E-state index < -0.39 is 0 Å². The molecule has 2 rings (SSSR count). The fourth-order valence-electron chi connectivity index (χ4n) is 2.69. The molecule has 7 heteroatoms. The normalized spacial score (nSPS) is 12.0. The van der Waals surface area contributed by atoms with Crippen molar-refractivity contribution in [2.75, 3.05) is 34.4 Å². The lowest BCUT2D eigenvalue weighted by molar-refractivity contribution is 0.353. The molecule has 2 aromatic rings. The average molecular weight is 391 g/mol. The molecule has 0 fully saturated rings. The highest BCUT2D eigenvalue weighted by Gasteiger charge is 2.22. The molecule has 0 saturated heterocycles. The molecular formula is C20H30N4O2S. The van der Waals surface area contributed by atoms with Crippen molar-refractivity contribution >= 4 is 17.3 Å². The van der Waals surface area contributed by atoms with Gasteiger partial charge < -0.3 is 20.1 Å². The first kappa shape index (κ1) is 21.0. The fraction of sp³-hybridized carbons (Fsp3) is 0.500. The van der Waals surface area contributed by atoms with Crippen molar-refractivity contribution in [2.45, 2.75) is 32.6 Å². The van der Waals surface area contributed by atoms with Crippen LogP contribution in [-0.2, 0) is 11.8 Å². The van der Waals surface area contributed by atoms with Crippen LogP contribution in [0.15, 0.2) is 29.4 Å². The van der Waals surface area contributed by atoms with Gasteiger partial charge in [0.25, 0.3) is 0 Å². The van der Waals surface area contributed by atoms with Gasteiger partial charge in [-0.1, -0.05) is 19.9 Å².